The molecule has 1 heterocycles. The van der Waals surface area contributed by atoms with Crippen molar-refractivity contribution in [3.63, 3.8) is 0 Å². The van der Waals surface area contributed by atoms with Gasteiger partial charge in [0.15, 0.2) is 0 Å². The molecule has 0 aromatic carbocycles. The number of amides is 1. The summed E-state index contributed by atoms with van der Waals surface area (Å²) in [6.07, 6.45) is 5.44. The zero-order valence-corrected chi connectivity index (χ0v) is 12.8. The largest absolute Gasteiger partial charge is 0.481 e. The third kappa shape index (κ3) is 5.90. The van der Waals surface area contributed by atoms with Gasteiger partial charge >= 0.3 is 5.97 Å². The second kappa shape index (κ2) is 8.95. The fourth-order valence-corrected chi connectivity index (χ4v) is 2.52. The van der Waals surface area contributed by atoms with E-state index in [0.29, 0.717) is 13.1 Å². The average Bonchev–Trinajstić information content (AvgIpc) is 2.45. The van der Waals surface area contributed by atoms with Gasteiger partial charge in [0.1, 0.15) is 0 Å². The Kier molecular flexibility index (Phi) is 7.59. The maximum Gasteiger partial charge on any atom is 0.307 e. The van der Waals surface area contributed by atoms with Gasteiger partial charge in [0, 0.05) is 19.6 Å². The number of hydrogen-bond donors (Lipinski definition) is 1. The smallest absolute Gasteiger partial charge is 0.307 e. The van der Waals surface area contributed by atoms with Crippen LogP contribution in [0.3, 0.4) is 0 Å². The van der Waals surface area contributed by atoms with E-state index in [1.807, 2.05) is 9.80 Å². The maximum absolute atomic E-state index is 12.3. The second-order valence-electron chi connectivity index (χ2n) is 5.77. The van der Waals surface area contributed by atoms with E-state index in [-0.39, 0.29) is 5.91 Å². The molecule has 1 aliphatic rings. The first kappa shape index (κ1) is 17.0. The Hall–Kier alpha value is -1.10. The van der Waals surface area contributed by atoms with E-state index in [2.05, 4.69) is 6.92 Å². The van der Waals surface area contributed by atoms with Crippen molar-refractivity contribution in [2.45, 2.75) is 46.0 Å². The van der Waals surface area contributed by atoms with Gasteiger partial charge in [-0.3, -0.25) is 14.5 Å². The Morgan fingerprint density at radius 3 is 2.45 bits per heavy atom. The maximum atomic E-state index is 12.3. The Balaban J connectivity index is 2.49. The van der Waals surface area contributed by atoms with Crippen LogP contribution in [0.25, 0.3) is 0 Å². The van der Waals surface area contributed by atoms with Crippen molar-refractivity contribution < 1.29 is 14.7 Å². The van der Waals surface area contributed by atoms with Crippen LogP contribution >= 0.6 is 0 Å². The van der Waals surface area contributed by atoms with Gasteiger partial charge in [-0.2, -0.15) is 0 Å². The summed E-state index contributed by atoms with van der Waals surface area (Å²) in [5.41, 5.74) is 0. The number of hydrogen-bond acceptors (Lipinski definition) is 3. The molecule has 0 bridgehead atoms. The third-order valence-corrected chi connectivity index (χ3v) is 3.85. The Morgan fingerprint density at radius 1 is 1.25 bits per heavy atom. The molecule has 1 fully saturated rings. The Bertz CT molecular complexity index is 314. The standard InChI is InChI=1S/C15H28N2O3/c1-3-4-8-16(11-13(2)15(19)20)12-14(18)17-9-6-5-7-10-17/h13H,3-12H2,1-2H3,(H,19,20). The highest BCUT2D eigenvalue weighted by Crippen LogP contribution is 2.10. The molecule has 1 unspecified atom stereocenters. The molecule has 20 heavy (non-hydrogen) atoms. The number of carboxylic acid groups (broad SMARTS) is 1. The number of piperidine rings is 1. The quantitative estimate of drug-likeness (QED) is 0.738. The van der Waals surface area contributed by atoms with Gasteiger partial charge in [-0.1, -0.05) is 20.3 Å². The van der Waals surface area contributed by atoms with E-state index in [4.69, 9.17) is 5.11 Å². The molecule has 1 aliphatic heterocycles. The van der Waals surface area contributed by atoms with Gasteiger partial charge in [0.2, 0.25) is 5.91 Å². The van der Waals surface area contributed by atoms with Crippen LogP contribution in [0.5, 0.6) is 0 Å². The third-order valence-electron chi connectivity index (χ3n) is 3.85. The van der Waals surface area contributed by atoms with Crippen LogP contribution in [0.2, 0.25) is 0 Å². The fraction of sp³-hybridized carbons (Fsp3) is 0.867. The van der Waals surface area contributed by atoms with Crippen molar-refractivity contribution >= 4 is 11.9 Å². The molecule has 5 nitrogen and oxygen atoms in total. The minimum atomic E-state index is -0.795. The second-order valence-corrected chi connectivity index (χ2v) is 5.77. The molecule has 0 aromatic heterocycles. The van der Waals surface area contributed by atoms with E-state index >= 15 is 0 Å². The lowest BCUT2D eigenvalue weighted by Gasteiger charge is -2.30. The number of aliphatic carboxylic acids is 1. The first-order chi connectivity index (χ1) is 9.54. The minimum Gasteiger partial charge on any atom is -0.481 e. The van der Waals surface area contributed by atoms with Crippen molar-refractivity contribution in [2.24, 2.45) is 5.92 Å². The van der Waals surface area contributed by atoms with Crippen molar-refractivity contribution in [3.8, 4) is 0 Å². The van der Waals surface area contributed by atoms with E-state index in [1.165, 1.54) is 6.42 Å². The van der Waals surface area contributed by atoms with Crippen LogP contribution in [0.1, 0.15) is 46.0 Å². The highest BCUT2D eigenvalue weighted by Gasteiger charge is 2.22. The molecule has 0 aliphatic carbocycles. The molecule has 5 heteroatoms. The van der Waals surface area contributed by atoms with Gasteiger partial charge in [-0.25, -0.2) is 0 Å². The summed E-state index contributed by atoms with van der Waals surface area (Å²) in [6.45, 7) is 7.13. The predicted molar refractivity (Wildman–Crippen MR) is 78.6 cm³/mol. The van der Waals surface area contributed by atoms with Gasteiger partial charge < -0.3 is 10.0 Å². The molecule has 1 atom stereocenters. The first-order valence-corrected chi connectivity index (χ1v) is 7.77. The van der Waals surface area contributed by atoms with Crippen LogP contribution in [0, 0.1) is 5.92 Å². The lowest BCUT2D eigenvalue weighted by atomic mass is 10.1. The van der Waals surface area contributed by atoms with Crippen LogP contribution in [0.4, 0.5) is 0 Å². The van der Waals surface area contributed by atoms with Crippen molar-refractivity contribution in [1.82, 2.24) is 9.80 Å². The van der Waals surface area contributed by atoms with E-state index in [0.717, 1.165) is 45.3 Å². The van der Waals surface area contributed by atoms with Crippen molar-refractivity contribution in [3.05, 3.63) is 0 Å². The summed E-state index contributed by atoms with van der Waals surface area (Å²) in [4.78, 5) is 27.2. The lowest BCUT2D eigenvalue weighted by molar-refractivity contribution is -0.143. The lowest BCUT2D eigenvalue weighted by Crippen LogP contribution is -2.44. The van der Waals surface area contributed by atoms with Gasteiger partial charge in [-0.15, -0.1) is 0 Å². The fourth-order valence-electron chi connectivity index (χ4n) is 2.52. The van der Waals surface area contributed by atoms with E-state index in [9.17, 15) is 9.59 Å². The molecule has 0 radical (unpaired) electrons. The van der Waals surface area contributed by atoms with Crippen LogP contribution in [0.15, 0.2) is 0 Å². The SMILES string of the molecule is CCCCN(CC(=O)N1CCCCC1)CC(C)C(=O)O. The molecular formula is C15H28N2O3. The molecular weight excluding hydrogens is 256 g/mol. The van der Waals surface area contributed by atoms with Gasteiger partial charge in [0.25, 0.3) is 0 Å². The molecule has 0 aromatic rings. The van der Waals surface area contributed by atoms with E-state index in [1.54, 1.807) is 6.92 Å². The van der Waals surface area contributed by atoms with Crippen molar-refractivity contribution in [2.75, 3.05) is 32.7 Å². The predicted octanol–water partition coefficient (Wildman–Crippen LogP) is 1.82. The number of nitrogens with zero attached hydrogens (tertiary/aromatic N) is 2. The Labute approximate surface area is 121 Å². The molecule has 1 N–H and O–H groups in total. The molecule has 1 saturated heterocycles. The van der Waals surface area contributed by atoms with Crippen molar-refractivity contribution in [1.29, 1.82) is 0 Å². The van der Waals surface area contributed by atoms with Gasteiger partial charge in [-0.05, 0) is 32.2 Å². The minimum absolute atomic E-state index is 0.151. The van der Waals surface area contributed by atoms with Gasteiger partial charge in [0.05, 0.1) is 12.5 Å². The number of unbranched alkanes of at least 4 members (excludes halogenated alkanes) is 1. The first-order valence-electron chi connectivity index (χ1n) is 7.77. The molecule has 1 rings (SSSR count). The normalized spacial score (nSPS) is 17.2. The zero-order chi connectivity index (χ0) is 15.0. The average molecular weight is 284 g/mol. The summed E-state index contributed by atoms with van der Waals surface area (Å²) in [5, 5.41) is 9.02. The topological polar surface area (TPSA) is 60.9 Å². The molecule has 1 amide bonds. The Morgan fingerprint density at radius 2 is 1.90 bits per heavy atom. The van der Waals surface area contributed by atoms with Crippen LogP contribution in [-0.4, -0.2) is 59.5 Å². The number of likely N-dealkylation sites (tertiary alicyclic amines) is 1. The molecule has 0 saturated carbocycles. The zero-order valence-electron chi connectivity index (χ0n) is 12.8. The monoisotopic (exact) mass is 284 g/mol. The summed E-state index contributed by atoms with van der Waals surface area (Å²) < 4.78 is 0. The summed E-state index contributed by atoms with van der Waals surface area (Å²) in [7, 11) is 0. The number of carboxylic acids is 1. The summed E-state index contributed by atoms with van der Waals surface area (Å²) in [5.74, 6) is -1.07. The number of carbonyl (C=O) groups is 2. The van der Waals surface area contributed by atoms with E-state index < -0.39 is 11.9 Å². The van der Waals surface area contributed by atoms with Crippen LogP contribution < -0.4 is 0 Å². The highest BCUT2D eigenvalue weighted by atomic mass is 16.4. The number of carbonyl (C=O) groups excluding carboxylic acids is 1. The molecule has 0 spiro atoms. The van der Waals surface area contributed by atoms with Crippen LogP contribution in [-0.2, 0) is 9.59 Å². The summed E-state index contributed by atoms with van der Waals surface area (Å²) >= 11 is 0. The molecule has 116 valence electrons. The number of rotatable bonds is 8. The summed E-state index contributed by atoms with van der Waals surface area (Å²) in [6, 6.07) is 0. The highest BCUT2D eigenvalue weighted by molar-refractivity contribution is 5.78.